The minimum Gasteiger partial charge on any atom is -0.480 e. The summed E-state index contributed by atoms with van der Waals surface area (Å²) >= 11 is 0. The summed E-state index contributed by atoms with van der Waals surface area (Å²) in [6.45, 7) is 5.52. The van der Waals surface area contributed by atoms with Crippen LogP contribution in [0.3, 0.4) is 0 Å². The third-order valence-electron chi connectivity index (χ3n) is 4.67. The van der Waals surface area contributed by atoms with Gasteiger partial charge in [0.2, 0.25) is 5.88 Å². The lowest BCUT2D eigenvalue weighted by molar-refractivity contribution is 0.203. The monoisotopic (exact) mass is 291 g/mol. The number of rotatable bonds is 7. The third kappa shape index (κ3) is 4.16. The lowest BCUT2D eigenvalue weighted by Crippen LogP contribution is -2.33. The molecule has 1 heterocycles. The fourth-order valence-electron chi connectivity index (χ4n) is 3.50. The SMILES string of the molecule is CCCNC(c1nccnc1OC)C1CCCC(CC)C1. The molecule has 118 valence electrons. The molecule has 0 aromatic carbocycles. The number of aromatic nitrogens is 2. The zero-order valence-electron chi connectivity index (χ0n) is 13.6. The Labute approximate surface area is 128 Å². The maximum absolute atomic E-state index is 5.44. The second kappa shape index (κ2) is 8.32. The Morgan fingerprint density at radius 2 is 2.10 bits per heavy atom. The van der Waals surface area contributed by atoms with E-state index in [-0.39, 0.29) is 6.04 Å². The molecule has 1 saturated carbocycles. The Morgan fingerprint density at radius 3 is 2.81 bits per heavy atom. The van der Waals surface area contributed by atoms with Crippen molar-refractivity contribution in [3.05, 3.63) is 18.1 Å². The Balaban J connectivity index is 2.20. The minimum absolute atomic E-state index is 0.267. The standard InChI is InChI=1S/C17H29N3O/c1-4-9-18-15(14-8-6-7-13(5-2)12-14)16-17(21-3)20-11-10-19-16/h10-11,13-15,18H,4-9,12H2,1-3H3. The van der Waals surface area contributed by atoms with Crippen molar-refractivity contribution in [1.29, 1.82) is 0 Å². The van der Waals surface area contributed by atoms with Gasteiger partial charge in [0.15, 0.2) is 0 Å². The molecule has 21 heavy (non-hydrogen) atoms. The topological polar surface area (TPSA) is 47.0 Å². The first-order valence-electron chi connectivity index (χ1n) is 8.38. The highest BCUT2D eigenvalue weighted by atomic mass is 16.5. The predicted molar refractivity (Wildman–Crippen MR) is 85.4 cm³/mol. The molecule has 0 bridgehead atoms. The van der Waals surface area contributed by atoms with Crippen LogP contribution in [-0.2, 0) is 0 Å². The van der Waals surface area contributed by atoms with Gasteiger partial charge in [-0.15, -0.1) is 0 Å². The molecule has 1 aromatic heterocycles. The number of hydrogen-bond acceptors (Lipinski definition) is 4. The molecule has 0 radical (unpaired) electrons. The van der Waals surface area contributed by atoms with Gasteiger partial charge >= 0.3 is 0 Å². The van der Waals surface area contributed by atoms with Gasteiger partial charge < -0.3 is 10.1 Å². The first-order valence-corrected chi connectivity index (χ1v) is 8.38. The van der Waals surface area contributed by atoms with Crippen LogP contribution in [0.25, 0.3) is 0 Å². The van der Waals surface area contributed by atoms with Gasteiger partial charge in [-0.05, 0) is 37.6 Å². The summed E-state index contributed by atoms with van der Waals surface area (Å²) in [6, 6.07) is 0.267. The van der Waals surface area contributed by atoms with Gasteiger partial charge in [-0.3, -0.25) is 4.98 Å². The van der Waals surface area contributed by atoms with E-state index in [2.05, 4.69) is 29.1 Å². The first-order chi connectivity index (χ1) is 10.3. The van der Waals surface area contributed by atoms with E-state index < -0.39 is 0 Å². The minimum atomic E-state index is 0.267. The first kappa shape index (κ1) is 16.2. The molecule has 0 amide bonds. The number of ether oxygens (including phenoxy) is 1. The lowest BCUT2D eigenvalue weighted by Gasteiger charge is -2.34. The summed E-state index contributed by atoms with van der Waals surface area (Å²) in [5.41, 5.74) is 0.982. The highest BCUT2D eigenvalue weighted by Crippen LogP contribution is 2.39. The van der Waals surface area contributed by atoms with Crippen LogP contribution in [-0.4, -0.2) is 23.6 Å². The molecular weight excluding hydrogens is 262 g/mol. The Morgan fingerprint density at radius 1 is 1.29 bits per heavy atom. The molecule has 0 saturated heterocycles. The normalized spacial score (nSPS) is 23.8. The van der Waals surface area contributed by atoms with Gasteiger partial charge in [-0.2, -0.15) is 0 Å². The summed E-state index contributed by atoms with van der Waals surface area (Å²) in [5.74, 6) is 2.17. The van der Waals surface area contributed by atoms with Crippen LogP contribution >= 0.6 is 0 Å². The second-order valence-electron chi connectivity index (χ2n) is 6.08. The summed E-state index contributed by atoms with van der Waals surface area (Å²) in [4.78, 5) is 8.91. The van der Waals surface area contributed by atoms with Crippen LogP contribution < -0.4 is 10.1 Å². The molecule has 4 heteroatoms. The van der Waals surface area contributed by atoms with Crippen LogP contribution in [0.4, 0.5) is 0 Å². The van der Waals surface area contributed by atoms with Crippen molar-refractivity contribution in [2.75, 3.05) is 13.7 Å². The number of nitrogens with one attached hydrogen (secondary N) is 1. The summed E-state index contributed by atoms with van der Waals surface area (Å²) in [6.07, 6.45) is 11.2. The van der Waals surface area contributed by atoms with E-state index >= 15 is 0 Å². The Bertz CT molecular complexity index is 424. The lowest BCUT2D eigenvalue weighted by atomic mass is 9.76. The van der Waals surface area contributed by atoms with Crippen molar-refractivity contribution in [3.63, 3.8) is 0 Å². The zero-order valence-corrected chi connectivity index (χ0v) is 13.6. The van der Waals surface area contributed by atoms with Gasteiger partial charge in [0.05, 0.1) is 13.2 Å². The van der Waals surface area contributed by atoms with Crippen molar-refractivity contribution in [3.8, 4) is 5.88 Å². The van der Waals surface area contributed by atoms with Crippen LogP contribution in [0, 0.1) is 11.8 Å². The Hall–Kier alpha value is -1.16. The van der Waals surface area contributed by atoms with Gasteiger partial charge in [-0.1, -0.05) is 33.1 Å². The molecule has 0 spiro atoms. The quantitative estimate of drug-likeness (QED) is 0.831. The van der Waals surface area contributed by atoms with Crippen molar-refractivity contribution < 1.29 is 4.74 Å². The molecule has 1 N–H and O–H groups in total. The van der Waals surface area contributed by atoms with Crippen LogP contribution in [0.5, 0.6) is 5.88 Å². The van der Waals surface area contributed by atoms with E-state index in [9.17, 15) is 0 Å². The molecule has 1 aliphatic carbocycles. The van der Waals surface area contributed by atoms with E-state index in [0.717, 1.165) is 24.6 Å². The highest BCUT2D eigenvalue weighted by Gasteiger charge is 2.31. The predicted octanol–water partition coefficient (Wildman–Crippen LogP) is 3.74. The van der Waals surface area contributed by atoms with Crippen molar-refractivity contribution in [1.82, 2.24) is 15.3 Å². The zero-order chi connectivity index (χ0) is 15.1. The average Bonchev–Trinajstić information content (AvgIpc) is 2.56. The molecular formula is C17H29N3O. The summed E-state index contributed by atoms with van der Waals surface area (Å²) < 4.78 is 5.44. The smallest absolute Gasteiger partial charge is 0.237 e. The number of hydrogen-bond donors (Lipinski definition) is 1. The highest BCUT2D eigenvalue weighted by molar-refractivity contribution is 5.22. The fraction of sp³-hybridized carbons (Fsp3) is 0.765. The van der Waals surface area contributed by atoms with E-state index in [1.807, 2.05) is 0 Å². The van der Waals surface area contributed by atoms with Gasteiger partial charge in [0.1, 0.15) is 5.69 Å². The molecule has 2 rings (SSSR count). The summed E-state index contributed by atoms with van der Waals surface area (Å²) in [7, 11) is 1.68. The molecule has 4 nitrogen and oxygen atoms in total. The largest absolute Gasteiger partial charge is 0.480 e. The maximum Gasteiger partial charge on any atom is 0.237 e. The fourth-order valence-corrected chi connectivity index (χ4v) is 3.50. The van der Waals surface area contributed by atoms with Crippen molar-refractivity contribution in [2.45, 2.75) is 58.4 Å². The summed E-state index contributed by atoms with van der Waals surface area (Å²) in [5, 5.41) is 3.69. The van der Waals surface area contributed by atoms with Gasteiger partial charge in [0.25, 0.3) is 0 Å². The number of methoxy groups -OCH3 is 1. The van der Waals surface area contributed by atoms with Crippen molar-refractivity contribution in [2.24, 2.45) is 11.8 Å². The van der Waals surface area contributed by atoms with E-state index in [1.165, 1.54) is 32.1 Å². The van der Waals surface area contributed by atoms with E-state index in [1.54, 1.807) is 19.5 Å². The average molecular weight is 291 g/mol. The molecule has 1 fully saturated rings. The van der Waals surface area contributed by atoms with Crippen LogP contribution in [0.1, 0.15) is 64.1 Å². The Kier molecular flexibility index (Phi) is 6.43. The van der Waals surface area contributed by atoms with E-state index in [0.29, 0.717) is 11.8 Å². The van der Waals surface area contributed by atoms with Gasteiger partial charge in [0, 0.05) is 12.4 Å². The second-order valence-corrected chi connectivity index (χ2v) is 6.08. The maximum atomic E-state index is 5.44. The molecule has 3 unspecified atom stereocenters. The molecule has 0 aliphatic heterocycles. The molecule has 1 aromatic rings. The van der Waals surface area contributed by atoms with Crippen LogP contribution in [0.15, 0.2) is 12.4 Å². The van der Waals surface area contributed by atoms with Crippen molar-refractivity contribution >= 4 is 0 Å². The van der Waals surface area contributed by atoms with Gasteiger partial charge in [-0.25, -0.2) is 4.98 Å². The third-order valence-corrected chi connectivity index (χ3v) is 4.67. The number of nitrogens with zero attached hydrogens (tertiary/aromatic N) is 2. The van der Waals surface area contributed by atoms with E-state index in [4.69, 9.17) is 4.74 Å². The molecule has 3 atom stereocenters. The van der Waals surface area contributed by atoms with Crippen LogP contribution in [0.2, 0.25) is 0 Å². The molecule has 1 aliphatic rings.